The van der Waals surface area contributed by atoms with Crippen molar-refractivity contribution in [3.63, 3.8) is 0 Å². The van der Waals surface area contributed by atoms with E-state index in [9.17, 15) is 10.1 Å². The first-order valence-electron chi connectivity index (χ1n) is 5.47. The standard InChI is InChI=1S/C12H13N3O2S/c1-8-3-4-10(15(16)17)5-11(8)14-9(2)12-6-18-7-13-12/h3-7,9,14H,1-2H3. The summed E-state index contributed by atoms with van der Waals surface area (Å²) in [5.74, 6) is 0. The van der Waals surface area contributed by atoms with E-state index in [1.165, 1.54) is 17.4 Å². The fourth-order valence-electron chi connectivity index (χ4n) is 1.62. The van der Waals surface area contributed by atoms with Gasteiger partial charge in [-0.2, -0.15) is 0 Å². The molecule has 5 nitrogen and oxygen atoms in total. The van der Waals surface area contributed by atoms with Crippen LogP contribution in [0.2, 0.25) is 0 Å². The van der Waals surface area contributed by atoms with Crippen molar-refractivity contribution in [1.82, 2.24) is 4.98 Å². The zero-order valence-corrected chi connectivity index (χ0v) is 10.9. The summed E-state index contributed by atoms with van der Waals surface area (Å²) in [6, 6.07) is 4.83. The van der Waals surface area contributed by atoms with Crippen molar-refractivity contribution in [2.24, 2.45) is 0 Å². The summed E-state index contributed by atoms with van der Waals surface area (Å²) in [6.45, 7) is 3.90. The second kappa shape index (κ2) is 5.14. The largest absolute Gasteiger partial charge is 0.376 e. The molecule has 0 saturated heterocycles. The van der Waals surface area contributed by atoms with Gasteiger partial charge in [0.25, 0.3) is 5.69 Å². The van der Waals surface area contributed by atoms with Gasteiger partial charge in [0, 0.05) is 23.2 Å². The van der Waals surface area contributed by atoms with Crippen LogP contribution in [0.5, 0.6) is 0 Å². The van der Waals surface area contributed by atoms with E-state index in [-0.39, 0.29) is 11.7 Å². The third-order valence-corrected chi connectivity index (χ3v) is 3.30. The van der Waals surface area contributed by atoms with E-state index in [1.54, 1.807) is 17.6 Å². The van der Waals surface area contributed by atoms with Crippen LogP contribution in [0.1, 0.15) is 24.2 Å². The first-order valence-corrected chi connectivity index (χ1v) is 6.42. The fraction of sp³-hybridized carbons (Fsp3) is 0.250. The number of non-ortho nitro benzene ring substituents is 1. The number of nitrogens with one attached hydrogen (secondary N) is 1. The van der Waals surface area contributed by atoms with Gasteiger partial charge in [0.1, 0.15) is 0 Å². The van der Waals surface area contributed by atoms with E-state index < -0.39 is 4.92 Å². The SMILES string of the molecule is Cc1ccc([N+](=O)[O-])cc1NC(C)c1cscn1. The van der Waals surface area contributed by atoms with Gasteiger partial charge in [-0.3, -0.25) is 10.1 Å². The Bertz CT molecular complexity index is 554. The average molecular weight is 263 g/mol. The highest BCUT2D eigenvalue weighted by molar-refractivity contribution is 7.07. The topological polar surface area (TPSA) is 68.1 Å². The summed E-state index contributed by atoms with van der Waals surface area (Å²) < 4.78 is 0. The molecule has 1 heterocycles. The van der Waals surface area contributed by atoms with Gasteiger partial charge in [-0.25, -0.2) is 4.98 Å². The molecule has 0 aliphatic carbocycles. The summed E-state index contributed by atoms with van der Waals surface area (Å²) in [7, 11) is 0. The lowest BCUT2D eigenvalue weighted by molar-refractivity contribution is -0.384. The highest BCUT2D eigenvalue weighted by Crippen LogP contribution is 2.25. The number of nitro groups is 1. The third kappa shape index (κ3) is 2.65. The van der Waals surface area contributed by atoms with Crippen molar-refractivity contribution in [1.29, 1.82) is 0 Å². The van der Waals surface area contributed by atoms with E-state index in [4.69, 9.17) is 0 Å². The summed E-state index contributed by atoms with van der Waals surface area (Å²) in [5.41, 5.74) is 4.54. The predicted molar refractivity (Wildman–Crippen MR) is 72.0 cm³/mol. The molecule has 2 rings (SSSR count). The smallest absolute Gasteiger partial charge is 0.271 e. The van der Waals surface area contributed by atoms with Crippen molar-refractivity contribution >= 4 is 22.7 Å². The highest BCUT2D eigenvalue weighted by Gasteiger charge is 2.12. The molecule has 0 aliphatic rings. The number of anilines is 1. The zero-order valence-electron chi connectivity index (χ0n) is 10.1. The van der Waals surface area contributed by atoms with E-state index in [0.717, 1.165) is 16.9 Å². The molecule has 0 spiro atoms. The molecular weight excluding hydrogens is 250 g/mol. The van der Waals surface area contributed by atoms with Crippen LogP contribution in [-0.4, -0.2) is 9.91 Å². The first-order chi connectivity index (χ1) is 8.58. The Morgan fingerprint density at radius 3 is 2.89 bits per heavy atom. The molecule has 2 aromatic rings. The number of rotatable bonds is 4. The molecule has 1 aromatic carbocycles. The molecule has 0 saturated carbocycles. The van der Waals surface area contributed by atoms with Gasteiger partial charge in [0.15, 0.2) is 0 Å². The van der Waals surface area contributed by atoms with E-state index >= 15 is 0 Å². The van der Waals surface area contributed by atoms with Crippen molar-refractivity contribution < 1.29 is 4.92 Å². The van der Waals surface area contributed by atoms with Gasteiger partial charge in [-0.1, -0.05) is 6.07 Å². The molecule has 6 heteroatoms. The Morgan fingerprint density at radius 1 is 1.50 bits per heavy atom. The highest BCUT2D eigenvalue weighted by atomic mass is 32.1. The molecule has 0 amide bonds. The third-order valence-electron chi connectivity index (χ3n) is 2.70. The Morgan fingerprint density at radius 2 is 2.28 bits per heavy atom. The van der Waals surface area contributed by atoms with Crippen LogP contribution < -0.4 is 5.32 Å². The number of hydrogen-bond donors (Lipinski definition) is 1. The van der Waals surface area contributed by atoms with Gasteiger partial charge in [0.2, 0.25) is 0 Å². The minimum atomic E-state index is -0.391. The molecule has 94 valence electrons. The predicted octanol–water partition coefficient (Wildman–Crippen LogP) is 3.53. The number of thiazole rings is 1. The minimum absolute atomic E-state index is 0.0250. The Labute approximate surface area is 109 Å². The number of nitro benzene ring substituents is 1. The van der Waals surface area contributed by atoms with Crippen molar-refractivity contribution in [3.8, 4) is 0 Å². The first kappa shape index (κ1) is 12.5. The molecule has 0 fully saturated rings. The molecule has 1 unspecified atom stereocenters. The number of nitrogens with zero attached hydrogens (tertiary/aromatic N) is 2. The molecule has 1 N–H and O–H groups in total. The number of benzene rings is 1. The number of aryl methyl sites for hydroxylation is 1. The van der Waals surface area contributed by atoms with Crippen LogP contribution in [0.4, 0.5) is 11.4 Å². The molecule has 0 aliphatic heterocycles. The van der Waals surface area contributed by atoms with Gasteiger partial charge >= 0.3 is 0 Å². The lowest BCUT2D eigenvalue weighted by atomic mass is 10.1. The molecule has 0 bridgehead atoms. The molecule has 1 aromatic heterocycles. The van der Waals surface area contributed by atoms with Crippen LogP contribution in [0.25, 0.3) is 0 Å². The lowest BCUT2D eigenvalue weighted by Crippen LogP contribution is -2.08. The van der Waals surface area contributed by atoms with E-state index in [2.05, 4.69) is 10.3 Å². The Kier molecular flexibility index (Phi) is 3.57. The van der Waals surface area contributed by atoms with Crippen molar-refractivity contribution in [2.45, 2.75) is 19.9 Å². The summed E-state index contributed by atoms with van der Waals surface area (Å²) in [4.78, 5) is 14.6. The van der Waals surface area contributed by atoms with Crippen LogP contribution in [-0.2, 0) is 0 Å². The van der Waals surface area contributed by atoms with Crippen LogP contribution >= 0.6 is 11.3 Å². The van der Waals surface area contributed by atoms with Crippen LogP contribution in [0, 0.1) is 17.0 Å². The van der Waals surface area contributed by atoms with Crippen molar-refractivity contribution in [3.05, 3.63) is 50.5 Å². The fourth-order valence-corrected chi connectivity index (χ4v) is 2.27. The maximum absolute atomic E-state index is 10.7. The summed E-state index contributed by atoms with van der Waals surface area (Å²) in [5, 5.41) is 16.0. The van der Waals surface area contributed by atoms with Gasteiger partial charge < -0.3 is 5.32 Å². The van der Waals surface area contributed by atoms with Crippen LogP contribution in [0.3, 0.4) is 0 Å². The summed E-state index contributed by atoms with van der Waals surface area (Å²) in [6.07, 6.45) is 0. The lowest BCUT2D eigenvalue weighted by Gasteiger charge is -2.14. The molecular formula is C12H13N3O2S. The Hall–Kier alpha value is -1.95. The maximum atomic E-state index is 10.7. The zero-order chi connectivity index (χ0) is 13.1. The van der Waals surface area contributed by atoms with E-state index in [1.807, 2.05) is 19.2 Å². The average Bonchev–Trinajstić information content (AvgIpc) is 2.85. The maximum Gasteiger partial charge on any atom is 0.271 e. The van der Waals surface area contributed by atoms with Crippen molar-refractivity contribution in [2.75, 3.05) is 5.32 Å². The quantitative estimate of drug-likeness (QED) is 0.676. The second-order valence-corrected chi connectivity index (χ2v) is 4.75. The van der Waals surface area contributed by atoms with E-state index in [0.29, 0.717) is 0 Å². The van der Waals surface area contributed by atoms with Gasteiger partial charge in [-0.05, 0) is 19.4 Å². The molecule has 0 radical (unpaired) electrons. The Balaban J connectivity index is 2.23. The van der Waals surface area contributed by atoms with Gasteiger partial charge in [0.05, 0.1) is 22.2 Å². The minimum Gasteiger partial charge on any atom is -0.376 e. The normalized spacial score (nSPS) is 12.1. The summed E-state index contributed by atoms with van der Waals surface area (Å²) >= 11 is 1.53. The molecule has 18 heavy (non-hydrogen) atoms. The molecule has 1 atom stereocenters. The van der Waals surface area contributed by atoms with Gasteiger partial charge in [-0.15, -0.1) is 11.3 Å². The second-order valence-electron chi connectivity index (χ2n) is 4.04. The number of aromatic nitrogens is 1. The van der Waals surface area contributed by atoms with Crippen LogP contribution in [0.15, 0.2) is 29.1 Å². The number of hydrogen-bond acceptors (Lipinski definition) is 5. The monoisotopic (exact) mass is 263 g/mol.